The van der Waals surface area contributed by atoms with E-state index in [0.29, 0.717) is 18.0 Å². The fourth-order valence-corrected chi connectivity index (χ4v) is 3.33. The molecule has 0 spiro atoms. The summed E-state index contributed by atoms with van der Waals surface area (Å²) in [6.07, 6.45) is 2.77. The molecule has 3 rings (SSSR count). The van der Waals surface area contributed by atoms with Crippen molar-refractivity contribution >= 4 is 29.2 Å². The van der Waals surface area contributed by atoms with Crippen molar-refractivity contribution < 1.29 is 9.32 Å². The molecule has 2 aromatic rings. The Hall–Kier alpha value is -2.58. The number of halogens is 1. The van der Waals surface area contributed by atoms with Gasteiger partial charge in [-0.1, -0.05) is 16.8 Å². The van der Waals surface area contributed by atoms with E-state index >= 15 is 0 Å². The van der Waals surface area contributed by atoms with Crippen LogP contribution in [-0.4, -0.2) is 66.6 Å². The predicted molar refractivity (Wildman–Crippen MR) is 114 cm³/mol. The lowest BCUT2D eigenvalue weighted by atomic mass is 10.2. The van der Waals surface area contributed by atoms with Gasteiger partial charge < -0.3 is 20.1 Å². The number of amides is 1. The minimum Gasteiger partial charge on any atom is -0.364 e. The van der Waals surface area contributed by atoms with Gasteiger partial charge in [0, 0.05) is 69.5 Å². The number of carbonyl (C=O) groups excluding carboxylic acids is 1. The van der Waals surface area contributed by atoms with Crippen LogP contribution in [0.2, 0.25) is 5.02 Å². The molecule has 1 aliphatic heterocycles. The first-order valence-electron chi connectivity index (χ1n) is 9.76. The SMILES string of the molecule is CN=C(NCCCC(=O)Nc1ccc(Cl)cc1)N1CCN(Cc2ccon2)CC1. The molecule has 2 N–H and O–H groups in total. The van der Waals surface area contributed by atoms with Crippen LogP contribution in [-0.2, 0) is 11.3 Å². The normalized spacial score (nSPS) is 15.4. The molecule has 0 unspecified atom stereocenters. The molecular formula is C20H27ClN6O2. The summed E-state index contributed by atoms with van der Waals surface area (Å²) in [5.74, 6) is 0.870. The summed E-state index contributed by atoms with van der Waals surface area (Å²) in [5.41, 5.74) is 1.71. The van der Waals surface area contributed by atoms with E-state index in [1.807, 2.05) is 6.07 Å². The Morgan fingerprint density at radius 1 is 1.21 bits per heavy atom. The number of hydrogen-bond donors (Lipinski definition) is 2. The number of aromatic nitrogens is 1. The Labute approximate surface area is 175 Å². The van der Waals surface area contributed by atoms with Crippen molar-refractivity contribution in [3.05, 3.63) is 47.3 Å². The maximum Gasteiger partial charge on any atom is 0.224 e. The number of rotatable bonds is 7. The van der Waals surface area contributed by atoms with Gasteiger partial charge in [-0.3, -0.25) is 14.7 Å². The summed E-state index contributed by atoms with van der Waals surface area (Å²) in [6, 6.07) is 9.00. The third kappa shape index (κ3) is 6.76. The van der Waals surface area contributed by atoms with Crippen LogP contribution in [0.3, 0.4) is 0 Å². The Balaban J connectivity index is 1.33. The first-order valence-corrected chi connectivity index (χ1v) is 10.1. The maximum atomic E-state index is 12.1. The summed E-state index contributed by atoms with van der Waals surface area (Å²) in [6.45, 7) is 5.18. The van der Waals surface area contributed by atoms with Crippen LogP contribution in [0.1, 0.15) is 18.5 Å². The third-order valence-electron chi connectivity index (χ3n) is 4.75. The lowest BCUT2D eigenvalue weighted by molar-refractivity contribution is -0.116. The summed E-state index contributed by atoms with van der Waals surface area (Å²) >= 11 is 5.85. The van der Waals surface area contributed by atoms with Crippen molar-refractivity contribution in [2.24, 2.45) is 4.99 Å². The molecule has 29 heavy (non-hydrogen) atoms. The molecule has 0 atom stereocenters. The average Bonchev–Trinajstić information content (AvgIpc) is 3.24. The van der Waals surface area contributed by atoms with Gasteiger partial charge >= 0.3 is 0 Å². The van der Waals surface area contributed by atoms with Gasteiger partial charge in [0.25, 0.3) is 0 Å². The van der Waals surface area contributed by atoms with E-state index in [4.69, 9.17) is 16.1 Å². The van der Waals surface area contributed by atoms with Gasteiger partial charge in [0.05, 0.1) is 5.69 Å². The fourth-order valence-electron chi connectivity index (χ4n) is 3.20. The molecule has 0 aliphatic carbocycles. The number of nitrogens with zero attached hydrogens (tertiary/aromatic N) is 4. The first-order chi connectivity index (χ1) is 14.1. The van der Waals surface area contributed by atoms with E-state index < -0.39 is 0 Å². The van der Waals surface area contributed by atoms with Crippen LogP contribution in [0.15, 0.2) is 46.1 Å². The molecule has 1 aromatic heterocycles. The number of piperazine rings is 1. The highest BCUT2D eigenvalue weighted by molar-refractivity contribution is 6.30. The summed E-state index contributed by atoms with van der Waals surface area (Å²) in [4.78, 5) is 21.0. The topological polar surface area (TPSA) is 86.0 Å². The molecule has 1 amide bonds. The van der Waals surface area contributed by atoms with Crippen LogP contribution in [0.5, 0.6) is 0 Å². The highest BCUT2D eigenvalue weighted by Crippen LogP contribution is 2.13. The molecule has 156 valence electrons. The number of aliphatic imine (C=N–C) groups is 1. The molecule has 1 saturated heterocycles. The highest BCUT2D eigenvalue weighted by atomic mass is 35.5. The summed E-state index contributed by atoms with van der Waals surface area (Å²) < 4.78 is 4.89. The molecule has 1 aliphatic rings. The minimum atomic E-state index is -0.00872. The lowest BCUT2D eigenvalue weighted by Crippen LogP contribution is -2.52. The Morgan fingerprint density at radius 3 is 2.62 bits per heavy atom. The summed E-state index contributed by atoms with van der Waals surface area (Å²) in [7, 11) is 1.79. The second-order valence-electron chi connectivity index (χ2n) is 6.89. The molecule has 9 heteroatoms. The van der Waals surface area contributed by atoms with Gasteiger partial charge in [0.1, 0.15) is 6.26 Å². The molecular weight excluding hydrogens is 392 g/mol. The largest absolute Gasteiger partial charge is 0.364 e. The number of nitrogens with one attached hydrogen (secondary N) is 2. The zero-order chi connectivity index (χ0) is 20.5. The Bertz CT molecular complexity index is 786. The molecule has 0 radical (unpaired) electrons. The number of guanidine groups is 1. The first kappa shape index (κ1) is 21.1. The third-order valence-corrected chi connectivity index (χ3v) is 5.00. The van der Waals surface area contributed by atoms with Crippen LogP contribution in [0, 0.1) is 0 Å². The van der Waals surface area contributed by atoms with Crippen molar-refractivity contribution in [2.45, 2.75) is 19.4 Å². The maximum absolute atomic E-state index is 12.1. The van der Waals surface area contributed by atoms with Crippen LogP contribution in [0.4, 0.5) is 5.69 Å². The van der Waals surface area contributed by atoms with Crippen LogP contribution < -0.4 is 10.6 Å². The van der Waals surface area contributed by atoms with Crippen molar-refractivity contribution in [1.82, 2.24) is 20.3 Å². The van der Waals surface area contributed by atoms with E-state index in [1.165, 1.54) is 0 Å². The van der Waals surface area contributed by atoms with Gasteiger partial charge in [0.2, 0.25) is 5.91 Å². The van der Waals surface area contributed by atoms with Gasteiger partial charge in [-0.15, -0.1) is 0 Å². The smallest absolute Gasteiger partial charge is 0.224 e. The Morgan fingerprint density at radius 2 is 1.97 bits per heavy atom. The average molecular weight is 419 g/mol. The molecule has 0 bridgehead atoms. The van der Waals surface area contributed by atoms with E-state index in [0.717, 1.165) is 56.5 Å². The van der Waals surface area contributed by atoms with Gasteiger partial charge in [-0.2, -0.15) is 0 Å². The number of carbonyl (C=O) groups is 1. The van der Waals surface area contributed by atoms with Crippen molar-refractivity contribution in [3.8, 4) is 0 Å². The second kappa shape index (κ2) is 10.8. The van der Waals surface area contributed by atoms with E-state index in [1.54, 1.807) is 37.6 Å². The zero-order valence-electron chi connectivity index (χ0n) is 16.6. The number of anilines is 1. The highest BCUT2D eigenvalue weighted by Gasteiger charge is 2.20. The fraction of sp³-hybridized carbons (Fsp3) is 0.450. The molecule has 0 saturated carbocycles. The Kier molecular flexibility index (Phi) is 7.89. The number of benzene rings is 1. The zero-order valence-corrected chi connectivity index (χ0v) is 17.4. The quantitative estimate of drug-likeness (QED) is 0.408. The number of hydrogen-bond acceptors (Lipinski definition) is 5. The monoisotopic (exact) mass is 418 g/mol. The summed E-state index contributed by atoms with van der Waals surface area (Å²) in [5, 5.41) is 10.9. The van der Waals surface area contributed by atoms with E-state index in [-0.39, 0.29) is 5.91 Å². The lowest BCUT2D eigenvalue weighted by Gasteiger charge is -2.36. The van der Waals surface area contributed by atoms with Crippen molar-refractivity contribution in [3.63, 3.8) is 0 Å². The van der Waals surface area contributed by atoms with E-state index in [2.05, 4.69) is 30.6 Å². The van der Waals surface area contributed by atoms with Gasteiger partial charge in [-0.25, -0.2) is 0 Å². The van der Waals surface area contributed by atoms with Crippen LogP contribution >= 0.6 is 11.6 Å². The predicted octanol–water partition coefficient (Wildman–Crippen LogP) is 2.44. The minimum absolute atomic E-state index is 0.00872. The van der Waals surface area contributed by atoms with Gasteiger partial charge in [-0.05, 0) is 30.7 Å². The molecule has 1 fully saturated rings. The molecule has 2 heterocycles. The molecule has 1 aromatic carbocycles. The standard InChI is InChI=1S/C20H27ClN6O2/c1-22-20(27-12-10-26(11-13-27)15-18-8-14-29-25-18)23-9-2-3-19(28)24-17-6-4-16(21)5-7-17/h4-8,14H,2-3,9-13,15H2,1H3,(H,22,23)(H,24,28). The second-order valence-corrected chi connectivity index (χ2v) is 7.32. The van der Waals surface area contributed by atoms with Crippen LogP contribution in [0.25, 0.3) is 0 Å². The van der Waals surface area contributed by atoms with E-state index in [9.17, 15) is 4.79 Å². The molecule has 8 nitrogen and oxygen atoms in total. The van der Waals surface area contributed by atoms with Crippen molar-refractivity contribution in [2.75, 3.05) is 45.1 Å². The van der Waals surface area contributed by atoms with Gasteiger partial charge in [0.15, 0.2) is 5.96 Å². The van der Waals surface area contributed by atoms with Crippen molar-refractivity contribution in [1.29, 1.82) is 0 Å².